The van der Waals surface area contributed by atoms with E-state index in [9.17, 15) is 0 Å². The fourth-order valence-corrected chi connectivity index (χ4v) is 4.38. The highest BCUT2D eigenvalue weighted by molar-refractivity contribution is 5.54. The minimum Gasteiger partial charge on any atom is -0.0587 e. The lowest BCUT2D eigenvalue weighted by Gasteiger charge is -2.37. The lowest BCUT2D eigenvalue weighted by atomic mass is 9.68. The zero-order valence-corrected chi connectivity index (χ0v) is 11.9. The highest BCUT2D eigenvalue weighted by atomic mass is 14.5. The summed E-state index contributed by atoms with van der Waals surface area (Å²) < 4.78 is 0. The Hall–Kier alpha value is -0.780. The van der Waals surface area contributed by atoms with Crippen LogP contribution in [0.2, 0.25) is 0 Å². The molecule has 0 heterocycles. The first-order valence-electron chi connectivity index (χ1n) is 6.97. The molecule has 0 aliphatic heterocycles. The molecule has 2 aliphatic rings. The topological polar surface area (TPSA) is 0 Å². The number of aryl methyl sites for hydroxylation is 1. The van der Waals surface area contributed by atoms with E-state index in [1.165, 1.54) is 24.8 Å². The van der Waals surface area contributed by atoms with Crippen molar-refractivity contribution in [1.82, 2.24) is 0 Å². The van der Waals surface area contributed by atoms with Gasteiger partial charge in [0.05, 0.1) is 0 Å². The third kappa shape index (κ3) is 1.42. The van der Waals surface area contributed by atoms with E-state index in [2.05, 4.69) is 46.8 Å². The van der Waals surface area contributed by atoms with Crippen molar-refractivity contribution in [3.8, 4) is 0 Å². The zero-order valence-electron chi connectivity index (χ0n) is 11.9. The molecule has 0 saturated carbocycles. The van der Waals surface area contributed by atoms with Crippen molar-refractivity contribution >= 4 is 0 Å². The van der Waals surface area contributed by atoms with Crippen LogP contribution in [0.3, 0.4) is 0 Å². The molecule has 0 fully saturated rings. The summed E-state index contributed by atoms with van der Waals surface area (Å²) in [5, 5.41) is 0. The van der Waals surface area contributed by atoms with Crippen LogP contribution in [0.5, 0.6) is 0 Å². The molecule has 1 atom stereocenters. The van der Waals surface area contributed by atoms with Gasteiger partial charge in [0.15, 0.2) is 0 Å². The molecule has 92 valence electrons. The van der Waals surface area contributed by atoms with Gasteiger partial charge in [-0.1, -0.05) is 39.8 Å². The van der Waals surface area contributed by atoms with E-state index in [1.807, 2.05) is 0 Å². The second-order valence-corrected chi connectivity index (χ2v) is 7.43. The molecule has 0 N–H and O–H groups in total. The van der Waals surface area contributed by atoms with E-state index < -0.39 is 0 Å². The minimum absolute atomic E-state index is 0.381. The lowest BCUT2D eigenvalue weighted by Crippen LogP contribution is -2.26. The van der Waals surface area contributed by atoms with Crippen LogP contribution in [0.1, 0.15) is 75.1 Å². The van der Waals surface area contributed by atoms with Crippen molar-refractivity contribution in [3.05, 3.63) is 34.4 Å². The van der Waals surface area contributed by atoms with Crippen molar-refractivity contribution in [2.75, 3.05) is 0 Å². The van der Waals surface area contributed by atoms with Crippen LogP contribution in [0.4, 0.5) is 0 Å². The van der Waals surface area contributed by atoms with E-state index in [0.29, 0.717) is 10.8 Å². The van der Waals surface area contributed by atoms with Crippen molar-refractivity contribution in [3.63, 3.8) is 0 Å². The molecule has 17 heavy (non-hydrogen) atoms. The van der Waals surface area contributed by atoms with Crippen LogP contribution in [-0.4, -0.2) is 0 Å². The molecule has 0 spiro atoms. The van der Waals surface area contributed by atoms with E-state index in [0.717, 1.165) is 5.92 Å². The maximum Gasteiger partial charge on any atom is -0.00948 e. The number of hydrogen-bond donors (Lipinski definition) is 0. The monoisotopic (exact) mass is 228 g/mol. The number of benzene rings is 1. The van der Waals surface area contributed by atoms with E-state index in [-0.39, 0.29) is 0 Å². The lowest BCUT2D eigenvalue weighted by molar-refractivity contribution is 0.371. The van der Waals surface area contributed by atoms with Crippen LogP contribution in [-0.2, 0) is 10.8 Å². The Labute approximate surface area is 105 Å². The first-order chi connectivity index (χ1) is 7.83. The SMILES string of the molecule is Cc1ccc2c3c1C(C)(C)CCC3CC2(C)C. The summed E-state index contributed by atoms with van der Waals surface area (Å²) in [6.45, 7) is 12.0. The Morgan fingerprint density at radius 3 is 2.47 bits per heavy atom. The van der Waals surface area contributed by atoms with Gasteiger partial charge in [0.25, 0.3) is 0 Å². The van der Waals surface area contributed by atoms with Crippen LogP contribution < -0.4 is 0 Å². The van der Waals surface area contributed by atoms with Crippen LogP contribution in [0.15, 0.2) is 12.1 Å². The molecular weight excluding hydrogens is 204 g/mol. The van der Waals surface area contributed by atoms with E-state index in [1.54, 1.807) is 16.7 Å². The molecule has 1 aromatic rings. The summed E-state index contributed by atoms with van der Waals surface area (Å²) >= 11 is 0. The Morgan fingerprint density at radius 2 is 1.76 bits per heavy atom. The first kappa shape index (κ1) is 11.3. The smallest absolute Gasteiger partial charge is 0.00948 e. The molecule has 0 nitrogen and oxygen atoms in total. The third-order valence-corrected chi connectivity index (χ3v) is 5.14. The summed E-state index contributed by atoms with van der Waals surface area (Å²) in [7, 11) is 0. The molecule has 0 heteroatoms. The van der Waals surface area contributed by atoms with E-state index in [4.69, 9.17) is 0 Å². The highest BCUT2D eigenvalue weighted by Gasteiger charge is 2.44. The molecule has 0 saturated heterocycles. The zero-order chi connectivity index (χ0) is 12.4. The summed E-state index contributed by atoms with van der Waals surface area (Å²) in [5.41, 5.74) is 7.32. The van der Waals surface area contributed by atoms with Gasteiger partial charge in [-0.25, -0.2) is 0 Å². The van der Waals surface area contributed by atoms with Crippen molar-refractivity contribution in [2.45, 2.75) is 70.6 Å². The van der Waals surface area contributed by atoms with Gasteiger partial charge in [-0.15, -0.1) is 0 Å². The van der Waals surface area contributed by atoms with Crippen molar-refractivity contribution < 1.29 is 0 Å². The van der Waals surface area contributed by atoms with Crippen molar-refractivity contribution in [1.29, 1.82) is 0 Å². The molecule has 0 amide bonds. The van der Waals surface area contributed by atoms with Gasteiger partial charge in [-0.2, -0.15) is 0 Å². The fraction of sp³-hybridized carbons (Fsp3) is 0.647. The summed E-state index contributed by atoms with van der Waals surface area (Å²) in [4.78, 5) is 0. The molecule has 0 radical (unpaired) electrons. The number of hydrogen-bond acceptors (Lipinski definition) is 0. The quantitative estimate of drug-likeness (QED) is 0.596. The second kappa shape index (κ2) is 3.16. The average molecular weight is 228 g/mol. The molecule has 2 aliphatic carbocycles. The van der Waals surface area contributed by atoms with Gasteiger partial charge in [-0.3, -0.25) is 0 Å². The maximum atomic E-state index is 2.43. The molecule has 1 unspecified atom stereocenters. The average Bonchev–Trinajstić information content (AvgIpc) is 2.46. The molecule has 0 bridgehead atoms. The predicted molar refractivity (Wildman–Crippen MR) is 73.8 cm³/mol. The Morgan fingerprint density at radius 1 is 1.06 bits per heavy atom. The normalized spacial score (nSPS) is 27.9. The van der Waals surface area contributed by atoms with Gasteiger partial charge < -0.3 is 0 Å². The Kier molecular flexibility index (Phi) is 2.10. The second-order valence-electron chi connectivity index (χ2n) is 7.43. The predicted octanol–water partition coefficient (Wildman–Crippen LogP) is 4.83. The minimum atomic E-state index is 0.381. The summed E-state index contributed by atoms with van der Waals surface area (Å²) in [6.07, 6.45) is 4.10. The number of rotatable bonds is 0. The first-order valence-corrected chi connectivity index (χ1v) is 6.97. The third-order valence-electron chi connectivity index (χ3n) is 5.14. The molecule has 0 aromatic heterocycles. The highest BCUT2D eigenvalue weighted by Crippen LogP contribution is 2.55. The molecular formula is C17H24. The molecule has 3 rings (SSSR count). The van der Waals surface area contributed by atoms with Gasteiger partial charge in [0, 0.05) is 0 Å². The summed E-state index contributed by atoms with van der Waals surface area (Å²) in [5.74, 6) is 0.836. The van der Waals surface area contributed by atoms with Crippen molar-refractivity contribution in [2.24, 2.45) is 0 Å². The van der Waals surface area contributed by atoms with Gasteiger partial charge in [0.2, 0.25) is 0 Å². The van der Waals surface area contributed by atoms with Crippen LogP contribution in [0, 0.1) is 6.92 Å². The van der Waals surface area contributed by atoms with Crippen LogP contribution in [0.25, 0.3) is 0 Å². The molecule has 1 aromatic carbocycles. The van der Waals surface area contributed by atoms with Gasteiger partial charge in [0.1, 0.15) is 0 Å². The van der Waals surface area contributed by atoms with Crippen LogP contribution >= 0.6 is 0 Å². The van der Waals surface area contributed by atoms with Gasteiger partial charge >= 0.3 is 0 Å². The Bertz CT molecular complexity index is 477. The largest absolute Gasteiger partial charge is 0.0587 e. The standard InChI is InChI=1S/C17H24/c1-11-6-7-13-14-12(10-17(13,4)5)8-9-16(2,3)15(11)14/h6-7,12H,8-10H2,1-5H3. The van der Waals surface area contributed by atoms with Gasteiger partial charge in [-0.05, 0) is 65.2 Å². The van der Waals surface area contributed by atoms with E-state index >= 15 is 0 Å². The summed E-state index contributed by atoms with van der Waals surface area (Å²) in [6, 6.07) is 4.75. The Balaban J connectivity index is 2.33. The fourth-order valence-electron chi connectivity index (χ4n) is 4.38. The maximum absolute atomic E-state index is 2.43.